The number of nitrogens with two attached hydrogens (primary N) is 1. The number of hydrogen-bond donors (Lipinski definition) is 2. The normalized spacial score (nSPS) is 14.5. The van der Waals surface area contributed by atoms with Gasteiger partial charge in [-0.05, 0) is 72.9 Å². The van der Waals surface area contributed by atoms with E-state index in [0.717, 1.165) is 24.2 Å². The number of carbonyl (C=O) groups excluding carboxylic acids is 1. The minimum absolute atomic E-state index is 0.0142. The van der Waals surface area contributed by atoms with Crippen molar-refractivity contribution in [1.82, 2.24) is 0 Å². The molecule has 0 unspecified atom stereocenters. The molecule has 2 aliphatic rings. The molecule has 23 heavy (non-hydrogen) atoms. The van der Waals surface area contributed by atoms with E-state index >= 15 is 0 Å². The van der Waals surface area contributed by atoms with Crippen molar-refractivity contribution in [1.29, 1.82) is 0 Å². The van der Waals surface area contributed by atoms with E-state index in [2.05, 4.69) is 17.4 Å². The number of nitrogen functional groups attached to an aromatic ring is 1. The summed E-state index contributed by atoms with van der Waals surface area (Å²) in [6, 6.07) is 12.3. The van der Waals surface area contributed by atoms with Gasteiger partial charge in [-0.1, -0.05) is 24.3 Å². The molecule has 0 aliphatic heterocycles. The van der Waals surface area contributed by atoms with E-state index in [0.29, 0.717) is 0 Å². The Morgan fingerprint density at radius 2 is 1.52 bits per heavy atom. The Kier molecular flexibility index (Phi) is 4.65. The molecule has 3 heteroatoms. The van der Waals surface area contributed by atoms with Gasteiger partial charge in [0, 0.05) is 18.3 Å². The van der Waals surface area contributed by atoms with E-state index in [4.69, 9.17) is 5.73 Å². The van der Waals surface area contributed by atoms with Gasteiger partial charge in [-0.2, -0.15) is 0 Å². The van der Waals surface area contributed by atoms with Crippen LogP contribution in [0.5, 0.6) is 0 Å². The lowest BCUT2D eigenvalue weighted by molar-refractivity contribution is -0.114. The van der Waals surface area contributed by atoms with Crippen LogP contribution < -0.4 is 11.1 Å². The van der Waals surface area contributed by atoms with Gasteiger partial charge in [0.25, 0.3) is 0 Å². The summed E-state index contributed by atoms with van der Waals surface area (Å²) in [4.78, 5) is 10.9. The molecule has 4 rings (SSSR count). The number of fused-ring (bicyclic) bond motifs is 2. The second-order valence-corrected chi connectivity index (χ2v) is 6.32. The zero-order valence-electron chi connectivity index (χ0n) is 13.7. The number of nitrogens with one attached hydrogen (secondary N) is 1. The average Bonchev–Trinajstić information content (AvgIpc) is 3.17. The number of amides is 1. The quantitative estimate of drug-likeness (QED) is 0.785. The molecule has 0 spiro atoms. The zero-order valence-corrected chi connectivity index (χ0v) is 13.7. The maximum Gasteiger partial charge on any atom is 0.221 e. The van der Waals surface area contributed by atoms with Crippen LogP contribution in [-0.4, -0.2) is 5.91 Å². The fraction of sp³-hybridized carbons (Fsp3) is 0.350. The van der Waals surface area contributed by atoms with E-state index in [9.17, 15) is 4.79 Å². The minimum atomic E-state index is 0.0142. The SMILES string of the molecule is CC(=O)Nc1cccc2c1CCC2.Nc1cccc2c1CCC2. The number of hydrogen-bond acceptors (Lipinski definition) is 2. The lowest BCUT2D eigenvalue weighted by atomic mass is 10.1. The van der Waals surface area contributed by atoms with Gasteiger partial charge in [-0.15, -0.1) is 0 Å². The Labute approximate surface area is 137 Å². The molecular weight excluding hydrogens is 284 g/mol. The summed E-state index contributed by atoms with van der Waals surface area (Å²) in [5.74, 6) is 0.0142. The highest BCUT2D eigenvalue weighted by molar-refractivity contribution is 5.89. The molecule has 2 aliphatic carbocycles. The van der Waals surface area contributed by atoms with Crippen molar-refractivity contribution in [3.63, 3.8) is 0 Å². The number of benzene rings is 2. The molecule has 0 saturated carbocycles. The topological polar surface area (TPSA) is 55.1 Å². The summed E-state index contributed by atoms with van der Waals surface area (Å²) < 4.78 is 0. The molecule has 3 N–H and O–H groups in total. The smallest absolute Gasteiger partial charge is 0.221 e. The summed E-state index contributed by atoms with van der Waals surface area (Å²) in [6.07, 6.45) is 7.16. The lowest BCUT2D eigenvalue weighted by Crippen LogP contribution is -2.07. The van der Waals surface area contributed by atoms with Gasteiger partial charge in [0.2, 0.25) is 5.91 Å². The van der Waals surface area contributed by atoms with Crippen molar-refractivity contribution in [2.45, 2.75) is 45.4 Å². The zero-order chi connectivity index (χ0) is 16.2. The molecule has 0 saturated heterocycles. The number of carbonyl (C=O) groups is 1. The molecular formula is C20H24N2O. The van der Waals surface area contributed by atoms with Crippen LogP contribution in [-0.2, 0) is 30.5 Å². The Morgan fingerprint density at radius 3 is 2.17 bits per heavy atom. The number of aryl methyl sites for hydroxylation is 2. The summed E-state index contributed by atoms with van der Waals surface area (Å²) in [5, 5.41) is 2.87. The van der Waals surface area contributed by atoms with Crippen LogP contribution in [0.15, 0.2) is 36.4 Å². The number of rotatable bonds is 1. The van der Waals surface area contributed by atoms with Crippen molar-refractivity contribution < 1.29 is 4.79 Å². The molecule has 0 bridgehead atoms. The summed E-state index contributed by atoms with van der Waals surface area (Å²) >= 11 is 0. The Hall–Kier alpha value is -2.29. The fourth-order valence-electron chi connectivity index (χ4n) is 3.58. The molecule has 3 nitrogen and oxygen atoms in total. The molecule has 0 fully saturated rings. The van der Waals surface area contributed by atoms with Crippen LogP contribution in [0.25, 0.3) is 0 Å². The Morgan fingerprint density at radius 1 is 0.913 bits per heavy atom. The van der Waals surface area contributed by atoms with E-state index in [1.807, 2.05) is 24.3 Å². The second kappa shape index (κ2) is 6.86. The average molecular weight is 308 g/mol. The van der Waals surface area contributed by atoms with Crippen molar-refractivity contribution in [3.8, 4) is 0 Å². The third kappa shape index (κ3) is 3.55. The molecule has 2 aromatic carbocycles. The fourth-order valence-corrected chi connectivity index (χ4v) is 3.58. The molecule has 0 atom stereocenters. The lowest BCUT2D eigenvalue weighted by Gasteiger charge is -2.07. The molecule has 120 valence electrons. The minimum Gasteiger partial charge on any atom is -0.398 e. The van der Waals surface area contributed by atoms with E-state index in [-0.39, 0.29) is 5.91 Å². The van der Waals surface area contributed by atoms with E-state index < -0.39 is 0 Å². The van der Waals surface area contributed by atoms with Gasteiger partial charge >= 0.3 is 0 Å². The third-order valence-corrected chi connectivity index (χ3v) is 4.64. The van der Waals surface area contributed by atoms with Crippen molar-refractivity contribution in [2.75, 3.05) is 11.1 Å². The summed E-state index contributed by atoms with van der Waals surface area (Å²) in [5.41, 5.74) is 13.3. The molecule has 0 heterocycles. The first kappa shape index (κ1) is 15.6. The largest absolute Gasteiger partial charge is 0.398 e. The highest BCUT2D eigenvalue weighted by atomic mass is 16.1. The molecule has 0 radical (unpaired) electrons. The van der Waals surface area contributed by atoms with Gasteiger partial charge in [0.05, 0.1) is 0 Å². The molecule has 1 amide bonds. The molecule has 0 aromatic heterocycles. The van der Waals surface area contributed by atoms with Crippen LogP contribution in [0.2, 0.25) is 0 Å². The highest BCUT2D eigenvalue weighted by Gasteiger charge is 2.14. The van der Waals surface area contributed by atoms with Gasteiger partial charge in [0.15, 0.2) is 0 Å². The van der Waals surface area contributed by atoms with Crippen LogP contribution in [0.1, 0.15) is 42.0 Å². The predicted octanol–water partition coefficient (Wildman–Crippen LogP) is 3.89. The monoisotopic (exact) mass is 308 g/mol. The van der Waals surface area contributed by atoms with Crippen LogP contribution in [0.3, 0.4) is 0 Å². The number of anilines is 2. The van der Waals surface area contributed by atoms with Crippen LogP contribution in [0, 0.1) is 0 Å². The van der Waals surface area contributed by atoms with Crippen LogP contribution >= 0.6 is 0 Å². The summed E-state index contributed by atoms with van der Waals surface area (Å²) in [7, 11) is 0. The van der Waals surface area contributed by atoms with Gasteiger partial charge in [-0.25, -0.2) is 0 Å². The van der Waals surface area contributed by atoms with E-state index in [1.54, 1.807) is 6.92 Å². The first-order valence-corrected chi connectivity index (χ1v) is 8.40. The molecule has 2 aromatic rings. The van der Waals surface area contributed by atoms with Gasteiger partial charge in [-0.3, -0.25) is 4.79 Å². The summed E-state index contributed by atoms with van der Waals surface area (Å²) in [6.45, 7) is 1.55. The van der Waals surface area contributed by atoms with E-state index in [1.165, 1.54) is 47.9 Å². The van der Waals surface area contributed by atoms with Gasteiger partial charge in [0.1, 0.15) is 0 Å². The van der Waals surface area contributed by atoms with Gasteiger partial charge < -0.3 is 11.1 Å². The third-order valence-electron chi connectivity index (χ3n) is 4.64. The van der Waals surface area contributed by atoms with Crippen molar-refractivity contribution in [2.24, 2.45) is 0 Å². The maximum absolute atomic E-state index is 10.9. The van der Waals surface area contributed by atoms with Crippen LogP contribution in [0.4, 0.5) is 11.4 Å². The first-order valence-electron chi connectivity index (χ1n) is 8.40. The van der Waals surface area contributed by atoms with Crippen molar-refractivity contribution in [3.05, 3.63) is 58.7 Å². The van der Waals surface area contributed by atoms with Crippen molar-refractivity contribution >= 4 is 17.3 Å². The first-order chi connectivity index (χ1) is 11.1. The highest BCUT2D eigenvalue weighted by Crippen LogP contribution is 2.28. The maximum atomic E-state index is 10.9. The second-order valence-electron chi connectivity index (χ2n) is 6.32. The standard InChI is InChI=1S/C11H13NO.C9H11N/c1-8(13)12-11-7-3-5-9-4-2-6-10(9)11;10-9-6-2-4-7-3-1-5-8(7)9/h3,5,7H,2,4,6H2,1H3,(H,12,13);2,4,6H,1,3,5,10H2. The Bertz CT molecular complexity index is 722. The Balaban J connectivity index is 0.000000140. The predicted molar refractivity (Wildman–Crippen MR) is 95.7 cm³/mol.